The normalized spacial score (nSPS) is 12.9. The highest BCUT2D eigenvalue weighted by Gasteiger charge is 2.33. The SMILES string of the molecule is FC(F)(F)c1ccc(P(Cc2cccc(CP(c3ccc(C(F)(F)F)cc3)c3ccc(C(F)(F)F)cc3)c2)c2ccc(C(F)(F)F)cc2)cc1. The Kier molecular flexibility index (Phi) is 10.8. The smallest absolute Gasteiger partial charge is 0.166 e. The molecule has 0 bridgehead atoms. The zero-order valence-corrected chi connectivity index (χ0v) is 27.2. The summed E-state index contributed by atoms with van der Waals surface area (Å²) in [6.45, 7) is 0. The van der Waals surface area contributed by atoms with Gasteiger partial charge in [-0.3, -0.25) is 0 Å². The lowest BCUT2D eigenvalue weighted by molar-refractivity contribution is -0.138. The highest BCUT2D eigenvalue weighted by Crippen LogP contribution is 2.43. The van der Waals surface area contributed by atoms with Crippen LogP contribution in [-0.2, 0) is 37.0 Å². The quantitative estimate of drug-likeness (QED) is 0.110. The molecule has 5 rings (SSSR count). The van der Waals surface area contributed by atoms with Gasteiger partial charge in [0.15, 0.2) is 0 Å². The van der Waals surface area contributed by atoms with Crippen molar-refractivity contribution in [3.8, 4) is 0 Å². The summed E-state index contributed by atoms with van der Waals surface area (Å²) in [5.74, 6) is 0. The molecule has 0 aliphatic rings. The molecule has 0 heterocycles. The number of benzene rings is 5. The minimum atomic E-state index is -4.59. The molecule has 0 saturated heterocycles. The molecule has 14 heteroatoms. The van der Waals surface area contributed by atoms with Gasteiger partial charge in [-0.05, 0) is 96.7 Å². The van der Waals surface area contributed by atoms with Crippen molar-refractivity contribution in [1.82, 2.24) is 0 Å². The maximum absolute atomic E-state index is 13.3. The molecular weight excluding hydrogens is 722 g/mol. The molecule has 0 amide bonds. The third-order valence-electron chi connectivity index (χ3n) is 7.70. The summed E-state index contributed by atoms with van der Waals surface area (Å²) in [5.41, 5.74) is -2.17. The van der Waals surface area contributed by atoms with Crippen molar-refractivity contribution >= 4 is 37.1 Å². The molecule has 0 aliphatic heterocycles. The van der Waals surface area contributed by atoms with Crippen LogP contribution in [0.15, 0.2) is 121 Å². The first kappa shape index (κ1) is 37.4. The average molecular weight is 747 g/mol. The minimum absolute atomic E-state index is 0.221. The molecule has 0 aliphatic carbocycles. The van der Waals surface area contributed by atoms with E-state index in [1.165, 1.54) is 48.5 Å². The van der Waals surface area contributed by atoms with Gasteiger partial charge < -0.3 is 0 Å². The van der Waals surface area contributed by atoms with Crippen molar-refractivity contribution in [3.05, 3.63) is 155 Å². The van der Waals surface area contributed by atoms with E-state index in [2.05, 4.69) is 0 Å². The maximum atomic E-state index is 13.3. The lowest BCUT2D eigenvalue weighted by Crippen LogP contribution is -2.16. The molecule has 0 N–H and O–H groups in total. The summed E-state index contributed by atoms with van der Waals surface area (Å²) in [7, 11) is -3.03. The van der Waals surface area contributed by atoms with E-state index in [9.17, 15) is 52.7 Å². The molecule has 5 aromatic carbocycles. The van der Waals surface area contributed by atoms with Gasteiger partial charge in [0.25, 0.3) is 0 Å². The monoisotopic (exact) mass is 746 g/mol. The Balaban J connectivity index is 1.50. The molecule has 5 aromatic rings. The van der Waals surface area contributed by atoms with E-state index < -0.39 is 62.8 Å². The van der Waals surface area contributed by atoms with E-state index in [-0.39, 0.29) is 12.3 Å². The van der Waals surface area contributed by atoms with Gasteiger partial charge in [0.1, 0.15) is 0 Å². The largest absolute Gasteiger partial charge is 0.416 e. The van der Waals surface area contributed by atoms with Gasteiger partial charge in [0, 0.05) is 12.3 Å². The summed E-state index contributed by atoms with van der Waals surface area (Å²) < 4.78 is 159. The van der Waals surface area contributed by atoms with Crippen LogP contribution in [0.2, 0.25) is 0 Å². The van der Waals surface area contributed by atoms with Crippen LogP contribution >= 0.6 is 15.8 Å². The molecule has 0 unspecified atom stereocenters. The molecule has 0 nitrogen and oxygen atoms in total. The Morgan fingerprint density at radius 2 is 0.540 bits per heavy atom. The second kappa shape index (κ2) is 14.4. The predicted octanol–water partition coefficient (Wildman–Crippen LogP) is 11.0. The second-order valence-electron chi connectivity index (χ2n) is 11.2. The third kappa shape index (κ3) is 9.26. The summed E-state index contributed by atoms with van der Waals surface area (Å²) in [6.07, 6.45) is -17.9. The topological polar surface area (TPSA) is 0 Å². The van der Waals surface area contributed by atoms with Crippen LogP contribution in [0.3, 0.4) is 0 Å². The van der Waals surface area contributed by atoms with Gasteiger partial charge in [-0.1, -0.05) is 72.8 Å². The maximum Gasteiger partial charge on any atom is 0.416 e. The number of alkyl halides is 12. The van der Waals surface area contributed by atoms with Crippen LogP contribution in [0.5, 0.6) is 0 Å². The van der Waals surface area contributed by atoms with Gasteiger partial charge in [0.05, 0.1) is 22.3 Å². The lowest BCUT2D eigenvalue weighted by atomic mass is 10.2. The Labute approximate surface area is 281 Å². The standard InChI is InChI=1S/C36H24F12P2/c37-33(38,39)25-4-12-29(13-5-25)49(30-14-6-26(7-15-30)34(40,41)42)21-23-2-1-3-24(20-23)22-50(31-16-8-27(9-17-31)35(43,44)45)32-18-10-28(11-19-32)36(46,47)48/h1-20H,21-22H2. The molecule has 0 aromatic heterocycles. The molecule has 0 atom stereocenters. The van der Waals surface area contributed by atoms with Crippen molar-refractivity contribution in [2.24, 2.45) is 0 Å². The fourth-order valence-corrected chi connectivity index (χ4v) is 9.66. The van der Waals surface area contributed by atoms with E-state index in [0.29, 0.717) is 32.3 Å². The second-order valence-corrected chi connectivity index (χ2v) is 15.6. The van der Waals surface area contributed by atoms with Crippen molar-refractivity contribution in [2.75, 3.05) is 0 Å². The van der Waals surface area contributed by atoms with Crippen LogP contribution in [0.25, 0.3) is 0 Å². The lowest BCUT2D eigenvalue weighted by Gasteiger charge is -2.22. The zero-order valence-electron chi connectivity index (χ0n) is 25.4. The first-order valence-corrected chi connectivity index (χ1v) is 17.7. The van der Waals surface area contributed by atoms with Crippen LogP contribution < -0.4 is 21.2 Å². The van der Waals surface area contributed by atoms with Crippen molar-refractivity contribution in [2.45, 2.75) is 37.0 Å². The summed E-state index contributed by atoms with van der Waals surface area (Å²) in [5, 5.41) is 1.93. The minimum Gasteiger partial charge on any atom is -0.166 e. The van der Waals surface area contributed by atoms with E-state index >= 15 is 0 Å². The van der Waals surface area contributed by atoms with Crippen molar-refractivity contribution in [1.29, 1.82) is 0 Å². The fourth-order valence-electron chi connectivity index (χ4n) is 5.18. The number of halogens is 12. The van der Waals surface area contributed by atoms with E-state index in [0.717, 1.165) is 48.5 Å². The van der Waals surface area contributed by atoms with E-state index in [1.807, 2.05) is 0 Å². The molecule has 0 radical (unpaired) electrons. The Morgan fingerprint density at radius 1 is 0.320 bits per heavy atom. The van der Waals surface area contributed by atoms with Crippen molar-refractivity contribution < 1.29 is 52.7 Å². The van der Waals surface area contributed by atoms with Crippen molar-refractivity contribution in [3.63, 3.8) is 0 Å². The Hall–Kier alpha value is -3.88. The van der Waals surface area contributed by atoms with Gasteiger partial charge in [0.2, 0.25) is 0 Å². The third-order valence-corrected chi connectivity index (χ3v) is 12.7. The summed E-state index contributed by atoms with van der Waals surface area (Å²) >= 11 is 0. The van der Waals surface area contributed by atoms with Gasteiger partial charge in [-0.25, -0.2) is 0 Å². The van der Waals surface area contributed by atoms with Gasteiger partial charge in [-0.15, -0.1) is 0 Å². The fraction of sp³-hybridized carbons (Fsp3) is 0.167. The van der Waals surface area contributed by atoms with Crippen LogP contribution in [-0.4, -0.2) is 0 Å². The number of rotatable bonds is 8. The van der Waals surface area contributed by atoms with Crippen LogP contribution in [0.4, 0.5) is 52.7 Å². The Morgan fingerprint density at radius 3 is 0.740 bits per heavy atom. The predicted molar refractivity (Wildman–Crippen MR) is 172 cm³/mol. The van der Waals surface area contributed by atoms with Crippen LogP contribution in [0, 0.1) is 0 Å². The molecule has 0 saturated carbocycles. The zero-order chi connectivity index (χ0) is 36.5. The molecule has 0 fully saturated rings. The van der Waals surface area contributed by atoms with Gasteiger partial charge in [-0.2, -0.15) is 52.7 Å². The van der Waals surface area contributed by atoms with Crippen LogP contribution in [0.1, 0.15) is 33.4 Å². The summed E-state index contributed by atoms with van der Waals surface area (Å²) in [4.78, 5) is 0. The number of hydrogen-bond acceptors (Lipinski definition) is 0. The first-order chi connectivity index (χ1) is 23.3. The molecule has 0 spiro atoms. The summed E-state index contributed by atoms with van der Waals surface area (Å²) in [6, 6.07) is 24.6. The number of hydrogen-bond donors (Lipinski definition) is 0. The highest BCUT2D eigenvalue weighted by molar-refractivity contribution is 7.72. The van der Waals surface area contributed by atoms with E-state index in [1.54, 1.807) is 24.3 Å². The van der Waals surface area contributed by atoms with E-state index in [4.69, 9.17) is 0 Å². The first-order valence-electron chi connectivity index (χ1n) is 14.6. The highest BCUT2D eigenvalue weighted by atomic mass is 31.1. The molecule has 50 heavy (non-hydrogen) atoms. The average Bonchev–Trinajstić information content (AvgIpc) is 3.05. The van der Waals surface area contributed by atoms with Gasteiger partial charge >= 0.3 is 24.7 Å². The molecular formula is C36H24F12P2. The Bertz CT molecular complexity index is 1620. The molecule has 262 valence electrons.